The molecule has 0 aromatic rings. The molecule has 2 aliphatic rings. The fourth-order valence-corrected chi connectivity index (χ4v) is 4.02. The van der Waals surface area contributed by atoms with E-state index in [1.807, 2.05) is 25.7 Å². The maximum atomic E-state index is 12.4. The predicted octanol–water partition coefficient (Wildman–Crippen LogP) is 4.19. The van der Waals surface area contributed by atoms with E-state index in [9.17, 15) is 4.79 Å². The lowest BCUT2D eigenvalue weighted by Crippen LogP contribution is -2.45. The van der Waals surface area contributed by atoms with E-state index in [4.69, 9.17) is 4.74 Å². The van der Waals surface area contributed by atoms with Gasteiger partial charge in [0.2, 0.25) is 0 Å². The van der Waals surface area contributed by atoms with Crippen LogP contribution in [0.4, 0.5) is 4.79 Å². The van der Waals surface area contributed by atoms with Gasteiger partial charge >= 0.3 is 6.09 Å². The molecular weight excluding hydrogens is 288 g/mol. The molecule has 134 valence electrons. The molecule has 2 aliphatic carbocycles. The lowest BCUT2D eigenvalue weighted by atomic mass is 9.70. The summed E-state index contributed by atoms with van der Waals surface area (Å²) in [5, 5.41) is 3.69. The van der Waals surface area contributed by atoms with E-state index in [1.54, 1.807) is 0 Å². The van der Waals surface area contributed by atoms with Crippen LogP contribution in [0, 0.1) is 11.3 Å². The van der Waals surface area contributed by atoms with Gasteiger partial charge in [0.15, 0.2) is 0 Å². The van der Waals surface area contributed by atoms with Gasteiger partial charge in [0.1, 0.15) is 5.60 Å². The maximum Gasteiger partial charge on any atom is 0.410 e. The highest BCUT2D eigenvalue weighted by molar-refractivity contribution is 5.69. The molecule has 2 saturated carbocycles. The summed E-state index contributed by atoms with van der Waals surface area (Å²) in [5.74, 6) is 0.779. The monoisotopic (exact) mass is 324 g/mol. The second-order valence-electron chi connectivity index (χ2n) is 9.47. The molecule has 4 nitrogen and oxygen atoms in total. The summed E-state index contributed by atoms with van der Waals surface area (Å²) >= 11 is 0. The molecule has 0 aliphatic heterocycles. The molecule has 2 atom stereocenters. The Morgan fingerprint density at radius 3 is 2.43 bits per heavy atom. The summed E-state index contributed by atoms with van der Waals surface area (Å²) in [6.45, 7) is 14.5. The second-order valence-corrected chi connectivity index (χ2v) is 9.47. The van der Waals surface area contributed by atoms with Crippen molar-refractivity contribution in [3.8, 4) is 0 Å². The molecule has 0 spiro atoms. The first-order chi connectivity index (χ1) is 10.6. The molecule has 23 heavy (non-hydrogen) atoms. The Bertz CT molecular complexity index is 410. The van der Waals surface area contributed by atoms with E-state index < -0.39 is 5.60 Å². The quantitative estimate of drug-likeness (QED) is 0.824. The number of carbonyl (C=O) groups is 1. The standard InChI is InChI=1S/C19H36N2O2/c1-14-11-15(13-19(5,6)12-14)20-9-10-21(16-7-8-16)17(22)23-18(2,3)4/h14-16,20H,7-13H2,1-6H3. The van der Waals surface area contributed by atoms with Crippen molar-refractivity contribution in [3.05, 3.63) is 0 Å². The molecule has 0 heterocycles. The molecule has 1 N–H and O–H groups in total. The fourth-order valence-electron chi connectivity index (χ4n) is 4.02. The van der Waals surface area contributed by atoms with E-state index in [-0.39, 0.29) is 6.09 Å². The summed E-state index contributed by atoms with van der Waals surface area (Å²) in [6, 6.07) is 0.974. The number of hydrogen-bond acceptors (Lipinski definition) is 3. The van der Waals surface area contributed by atoms with Gasteiger partial charge < -0.3 is 15.0 Å². The molecular formula is C19H36N2O2. The number of nitrogens with one attached hydrogen (secondary N) is 1. The van der Waals surface area contributed by atoms with E-state index >= 15 is 0 Å². The molecule has 4 heteroatoms. The first-order valence-corrected chi connectivity index (χ1v) is 9.29. The third-order valence-electron chi connectivity index (χ3n) is 4.79. The highest BCUT2D eigenvalue weighted by atomic mass is 16.6. The van der Waals surface area contributed by atoms with Crippen molar-refractivity contribution >= 4 is 6.09 Å². The Morgan fingerprint density at radius 1 is 1.26 bits per heavy atom. The van der Waals surface area contributed by atoms with Crippen LogP contribution in [0.2, 0.25) is 0 Å². The predicted molar refractivity (Wildman–Crippen MR) is 94.5 cm³/mol. The third kappa shape index (κ3) is 6.33. The molecule has 0 bridgehead atoms. The zero-order valence-corrected chi connectivity index (χ0v) is 15.9. The van der Waals surface area contributed by atoms with Crippen LogP contribution < -0.4 is 5.32 Å². The summed E-state index contributed by atoms with van der Waals surface area (Å²) in [5.41, 5.74) is 0.0111. The van der Waals surface area contributed by atoms with Crippen LogP contribution in [0.15, 0.2) is 0 Å². The van der Waals surface area contributed by atoms with Gasteiger partial charge in [0.25, 0.3) is 0 Å². The van der Waals surface area contributed by atoms with Crippen molar-refractivity contribution in [2.45, 2.75) is 91.3 Å². The van der Waals surface area contributed by atoms with Gasteiger partial charge in [0.05, 0.1) is 0 Å². The van der Waals surface area contributed by atoms with Crippen molar-refractivity contribution in [2.24, 2.45) is 11.3 Å². The van der Waals surface area contributed by atoms with Crippen LogP contribution in [0.25, 0.3) is 0 Å². The van der Waals surface area contributed by atoms with Gasteiger partial charge in [-0.3, -0.25) is 0 Å². The number of carbonyl (C=O) groups excluding carboxylic acids is 1. The van der Waals surface area contributed by atoms with Crippen molar-refractivity contribution in [2.75, 3.05) is 13.1 Å². The number of ether oxygens (including phenoxy) is 1. The number of rotatable bonds is 5. The molecule has 0 saturated heterocycles. The Labute approximate surface area is 142 Å². The van der Waals surface area contributed by atoms with Gasteiger partial charge in [-0.2, -0.15) is 0 Å². The van der Waals surface area contributed by atoms with Gasteiger partial charge in [0, 0.05) is 25.2 Å². The third-order valence-corrected chi connectivity index (χ3v) is 4.79. The molecule has 2 unspecified atom stereocenters. The Morgan fingerprint density at radius 2 is 1.91 bits per heavy atom. The second kappa shape index (κ2) is 7.00. The molecule has 0 aromatic carbocycles. The van der Waals surface area contributed by atoms with Gasteiger partial charge in [-0.1, -0.05) is 20.8 Å². The van der Waals surface area contributed by atoms with Crippen LogP contribution in [-0.2, 0) is 4.74 Å². The summed E-state index contributed by atoms with van der Waals surface area (Å²) in [6.07, 6.45) is 5.88. The topological polar surface area (TPSA) is 41.6 Å². The Kier molecular flexibility index (Phi) is 5.65. The summed E-state index contributed by atoms with van der Waals surface area (Å²) in [4.78, 5) is 14.3. The minimum absolute atomic E-state index is 0.154. The van der Waals surface area contributed by atoms with Gasteiger partial charge in [-0.25, -0.2) is 4.79 Å². The fraction of sp³-hybridized carbons (Fsp3) is 0.947. The van der Waals surface area contributed by atoms with Crippen LogP contribution in [0.5, 0.6) is 0 Å². The number of nitrogens with zero attached hydrogens (tertiary/aromatic N) is 1. The zero-order chi connectivity index (χ0) is 17.3. The summed E-state index contributed by atoms with van der Waals surface area (Å²) in [7, 11) is 0. The number of hydrogen-bond donors (Lipinski definition) is 1. The lowest BCUT2D eigenvalue weighted by molar-refractivity contribution is 0.0231. The maximum absolute atomic E-state index is 12.4. The molecule has 1 amide bonds. The van der Waals surface area contributed by atoms with Crippen LogP contribution in [0.1, 0.15) is 73.6 Å². The van der Waals surface area contributed by atoms with Crippen LogP contribution in [-0.4, -0.2) is 41.8 Å². The van der Waals surface area contributed by atoms with Crippen molar-refractivity contribution in [3.63, 3.8) is 0 Å². The van der Waals surface area contributed by atoms with E-state index in [0.29, 0.717) is 17.5 Å². The molecule has 2 rings (SSSR count). The van der Waals surface area contributed by atoms with Crippen molar-refractivity contribution in [1.29, 1.82) is 0 Å². The van der Waals surface area contributed by atoms with Crippen LogP contribution in [0.3, 0.4) is 0 Å². The normalized spacial score (nSPS) is 27.6. The van der Waals surface area contributed by atoms with E-state index in [2.05, 4.69) is 26.1 Å². The molecule has 0 radical (unpaired) electrons. The minimum atomic E-state index is -0.416. The van der Waals surface area contributed by atoms with E-state index in [1.165, 1.54) is 19.3 Å². The molecule has 2 fully saturated rings. The SMILES string of the molecule is CC1CC(NCCN(C(=O)OC(C)(C)C)C2CC2)CC(C)(C)C1. The largest absolute Gasteiger partial charge is 0.444 e. The summed E-state index contributed by atoms with van der Waals surface area (Å²) < 4.78 is 5.55. The smallest absolute Gasteiger partial charge is 0.410 e. The average molecular weight is 325 g/mol. The Balaban J connectivity index is 1.79. The van der Waals surface area contributed by atoms with Gasteiger partial charge in [-0.15, -0.1) is 0 Å². The average Bonchev–Trinajstić information content (AvgIpc) is 3.13. The highest BCUT2D eigenvalue weighted by Gasteiger charge is 2.35. The van der Waals surface area contributed by atoms with Crippen LogP contribution >= 0.6 is 0 Å². The minimum Gasteiger partial charge on any atom is -0.444 e. The highest BCUT2D eigenvalue weighted by Crippen LogP contribution is 2.38. The number of amides is 1. The van der Waals surface area contributed by atoms with Gasteiger partial charge in [-0.05, 0) is 64.2 Å². The lowest BCUT2D eigenvalue weighted by Gasteiger charge is -2.39. The Hall–Kier alpha value is -0.770. The first kappa shape index (κ1) is 18.6. The van der Waals surface area contributed by atoms with Crippen molar-refractivity contribution < 1.29 is 9.53 Å². The van der Waals surface area contributed by atoms with E-state index in [0.717, 1.165) is 31.8 Å². The molecule has 0 aromatic heterocycles. The van der Waals surface area contributed by atoms with Crippen molar-refractivity contribution in [1.82, 2.24) is 10.2 Å². The zero-order valence-electron chi connectivity index (χ0n) is 15.9. The first-order valence-electron chi connectivity index (χ1n) is 9.29.